The van der Waals surface area contributed by atoms with E-state index in [-0.39, 0.29) is 5.91 Å². The van der Waals surface area contributed by atoms with Crippen LogP contribution in [0.4, 0.5) is 5.69 Å². The number of benzene rings is 2. The minimum atomic E-state index is 0.0532. The number of amides is 1. The maximum atomic E-state index is 11.8. The molecule has 2 aromatic rings. The molecule has 2 rings (SSSR count). The van der Waals surface area contributed by atoms with E-state index in [0.717, 1.165) is 21.7 Å². The molecule has 104 valence electrons. The molecule has 0 aliphatic heterocycles. The van der Waals surface area contributed by atoms with E-state index in [1.165, 1.54) is 5.56 Å². The van der Waals surface area contributed by atoms with Crippen LogP contribution in [0.15, 0.2) is 59.1 Å². The van der Waals surface area contributed by atoms with Crippen molar-refractivity contribution in [1.29, 1.82) is 0 Å². The van der Waals surface area contributed by atoms with Crippen molar-refractivity contribution >= 4 is 39.3 Å². The number of thioether (sulfide) groups is 1. The lowest BCUT2D eigenvalue weighted by atomic mass is 10.2. The van der Waals surface area contributed by atoms with Crippen molar-refractivity contribution in [3.63, 3.8) is 0 Å². The average Bonchev–Trinajstić information content (AvgIpc) is 2.47. The SMILES string of the molecule is O=C(CCSCc1ccccc1)Nc1ccccc1Br. The Morgan fingerprint density at radius 1 is 1.05 bits per heavy atom. The number of rotatable bonds is 6. The smallest absolute Gasteiger partial charge is 0.225 e. The molecule has 0 unspecified atom stereocenters. The van der Waals surface area contributed by atoms with Gasteiger partial charge in [-0.25, -0.2) is 0 Å². The molecule has 1 N–H and O–H groups in total. The van der Waals surface area contributed by atoms with Crippen LogP contribution in [0.1, 0.15) is 12.0 Å². The van der Waals surface area contributed by atoms with Crippen molar-refractivity contribution in [2.75, 3.05) is 11.1 Å². The Morgan fingerprint density at radius 3 is 2.50 bits per heavy atom. The largest absolute Gasteiger partial charge is 0.325 e. The van der Waals surface area contributed by atoms with Crippen molar-refractivity contribution in [1.82, 2.24) is 0 Å². The van der Waals surface area contributed by atoms with Crippen LogP contribution in [0, 0.1) is 0 Å². The van der Waals surface area contributed by atoms with Gasteiger partial charge in [-0.05, 0) is 33.6 Å². The van der Waals surface area contributed by atoms with Gasteiger partial charge in [-0.15, -0.1) is 0 Å². The van der Waals surface area contributed by atoms with Gasteiger partial charge in [0.1, 0.15) is 0 Å². The third kappa shape index (κ3) is 5.02. The van der Waals surface area contributed by atoms with Gasteiger partial charge in [0, 0.05) is 22.4 Å². The molecule has 0 saturated heterocycles. The lowest BCUT2D eigenvalue weighted by molar-refractivity contribution is -0.115. The van der Waals surface area contributed by atoms with E-state index >= 15 is 0 Å². The Bertz CT molecular complexity index is 559. The molecule has 4 heteroatoms. The quantitative estimate of drug-likeness (QED) is 0.765. The molecule has 0 aromatic heterocycles. The first-order chi connectivity index (χ1) is 9.75. The molecule has 0 radical (unpaired) electrons. The fraction of sp³-hybridized carbons (Fsp3) is 0.188. The number of anilines is 1. The standard InChI is InChI=1S/C16H16BrNOS/c17-14-8-4-5-9-15(14)18-16(19)10-11-20-12-13-6-2-1-3-7-13/h1-9H,10-12H2,(H,18,19). The Kier molecular flexibility index (Phi) is 6.15. The minimum Gasteiger partial charge on any atom is -0.325 e. The summed E-state index contributed by atoms with van der Waals surface area (Å²) in [4.78, 5) is 11.8. The second-order valence-corrected chi connectivity index (χ2v) is 6.28. The average molecular weight is 350 g/mol. The van der Waals surface area contributed by atoms with Gasteiger partial charge in [0.05, 0.1) is 5.69 Å². The van der Waals surface area contributed by atoms with E-state index in [9.17, 15) is 4.79 Å². The maximum Gasteiger partial charge on any atom is 0.225 e. The number of halogens is 1. The number of carbonyl (C=O) groups is 1. The van der Waals surface area contributed by atoms with Crippen LogP contribution >= 0.6 is 27.7 Å². The summed E-state index contributed by atoms with van der Waals surface area (Å²) in [5.74, 6) is 1.83. The van der Waals surface area contributed by atoms with Gasteiger partial charge in [-0.3, -0.25) is 4.79 Å². The van der Waals surface area contributed by atoms with Gasteiger partial charge in [0.2, 0.25) is 5.91 Å². The van der Waals surface area contributed by atoms with Crippen molar-refractivity contribution in [2.24, 2.45) is 0 Å². The second-order valence-electron chi connectivity index (χ2n) is 4.32. The summed E-state index contributed by atoms with van der Waals surface area (Å²) < 4.78 is 0.908. The molecule has 0 aliphatic carbocycles. The molecule has 0 aliphatic rings. The Hall–Kier alpha value is -1.26. The molecule has 2 nitrogen and oxygen atoms in total. The summed E-state index contributed by atoms with van der Waals surface area (Å²) >= 11 is 5.19. The van der Waals surface area contributed by atoms with Crippen LogP contribution in [0.5, 0.6) is 0 Å². The van der Waals surface area contributed by atoms with Crippen molar-refractivity contribution in [3.05, 3.63) is 64.6 Å². The maximum absolute atomic E-state index is 11.8. The summed E-state index contributed by atoms with van der Waals surface area (Å²) in [7, 11) is 0. The summed E-state index contributed by atoms with van der Waals surface area (Å²) in [6, 6.07) is 17.9. The fourth-order valence-electron chi connectivity index (χ4n) is 1.70. The monoisotopic (exact) mass is 349 g/mol. The van der Waals surface area contributed by atoms with E-state index in [1.54, 1.807) is 11.8 Å². The van der Waals surface area contributed by atoms with Gasteiger partial charge in [-0.1, -0.05) is 42.5 Å². The Balaban J connectivity index is 1.69. The molecular formula is C16H16BrNOS. The number of para-hydroxylation sites is 1. The lowest BCUT2D eigenvalue weighted by Crippen LogP contribution is -2.12. The molecule has 0 fully saturated rings. The van der Waals surface area contributed by atoms with E-state index in [0.29, 0.717) is 6.42 Å². The predicted molar refractivity (Wildman–Crippen MR) is 90.0 cm³/mol. The highest BCUT2D eigenvalue weighted by atomic mass is 79.9. The van der Waals surface area contributed by atoms with Crippen molar-refractivity contribution in [2.45, 2.75) is 12.2 Å². The minimum absolute atomic E-state index is 0.0532. The van der Waals surface area contributed by atoms with Crippen LogP contribution in [0.2, 0.25) is 0 Å². The number of nitrogens with one attached hydrogen (secondary N) is 1. The molecule has 0 heterocycles. The van der Waals surface area contributed by atoms with Gasteiger partial charge >= 0.3 is 0 Å². The van der Waals surface area contributed by atoms with E-state index in [2.05, 4.69) is 33.4 Å². The summed E-state index contributed by atoms with van der Waals surface area (Å²) in [5, 5.41) is 2.91. The predicted octanol–water partition coefficient (Wildman–Crippen LogP) is 4.71. The molecule has 0 atom stereocenters. The fourth-order valence-corrected chi connectivity index (χ4v) is 2.99. The lowest BCUT2D eigenvalue weighted by Gasteiger charge is -2.07. The number of hydrogen-bond acceptors (Lipinski definition) is 2. The van der Waals surface area contributed by atoms with Gasteiger partial charge in [0.15, 0.2) is 0 Å². The first-order valence-corrected chi connectivity index (χ1v) is 8.36. The highest BCUT2D eigenvalue weighted by molar-refractivity contribution is 9.10. The normalized spacial score (nSPS) is 10.2. The van der Waals surface area contributed by atoms with E-state index < -0.39 is 0 Å². The van der Waals surface area contributed by atoms with Gasteiger partial charge in [-0.2, -0.15) is 11.8 Å². The van der Waals surface area contributed by atoms with Crippen LogP contribution < -0.4 is 5.32 Å². The Morgan fingerprint density at radius 2 is 1.75 bits per heavy atom. The van der Waals surface area contributed by atoms with Crippen LogP contribution in [-0.2, 0) is 10.5 Å². The molecule has 0 bridgehead atoms. The summed E-state index contributed by atoms with van der Waals surface area (Å²) in [5.41, 5.74) is 2.12. The zero-order valence-electron chi connectivity index (χ0n) is 11.0. The Labute approximate surface area is 132 Å². The first kappa shape index (κ1) is 15.1. The highest BCUT2D eigenvalue weighted by Crippen LogP contribution is 2.21. The molecular weight excluding hydrogens is 334 g/mol. The molecule has 0 spiro atoms. The van der Waals surface area contributed by atoms with Crippen LogP contribution in [-0.4, -0.2) is 11.7 Å². The zero-order valence-corrected chi connectivity index (χ0v) is 13.4. The third-order valence-corrected chi connectivity index (χ3v) is 4.45. The van der Waals surface area contributed by atoms with E-state index in [1.807, 2.05) is 42.5 Å². The van der Waals surface area contributed by atoms with Gasteiger partial charge < -0.3 is 5.32 Å². The second kappa shape index (κ2) is 8.12. The van der Waals surface area contributed by atoms with E-state index in [4.69, 9.17) is 0 Å². The third-order valence-electron chi connectivity index (χ3n) is 2.73. The topological polar surface area (TPSA) is 29.1 Å². The number of carbonyl (C=O) groups excluding carboxylic acids is 1. The molecule has 1 amide bonds. The van der Waals surface area contributed by atoms with Crippen LogP contribution in [0.3, 0.4) is 0 Å². The first-order valence-electron chi connectivity index (χ1n) is 6.42. The highest BCUT2D eigenvalue weighted by Gasteiger charge is 2.04. The van der Waals surface area contributed by atoms with Crippen molar-refractivity contribution < 1.29 is 4.79 Å². The van der Waals surface area contributed by atoms with Gasteiger partial charge in [0.25, 0.3) is 0 Å². The van der Waals surface area contributed by atoms with Crippen molar-refractivity contribution in [3.8, 4) is 0 Å². The molecule has 20 heavy (non-hydrogen) atoms. The summed E-state index contributed by atoms with van der Waals surface area (Å²) in [6.07, 6.45) is 0.527. The zero-order chi connectivity index (χ0) is 14.2. The summed E-state index contributed by atoms with van der Waals surface area (Å²) in [6.45, 7) is 0. The van der Waals surface area contributed by atoms with Crippen LogP contribution in [0.25, 0.3) is 0 Å². The molecule has 0 saturated carbocycles. The number of hydrogen-bond donors (Lipinski definition) is 1. The molecule has 2 aromatic carbocycles.